The molecule has 2 aromatic carbocycles. The van der Waals surface area contributed by atoms with Crippen LogP contribution in [0.3, 0.4) is 0 Å². The lowest BCUT2D eigenvalue weighted by atomic mass is 10.1. The highest BCUT2D eigenvalue weighted by molar-refractivity contribution is 5.97. The number of rotatable bonds is 5. The van der Waals surface area contributed by atoms with Gasteiger partial charge in [-0.2, -0.15) is 18.4 Å². The van der Waals surface area contributed by atoms with Crippen LogP contribution >= 0.6 is 0 Å². The summed E-state index contributed by atoms with van der Waals surface area (Å²) in [7, 11) is 0. The first kappa shape index (κ1) is 19.1. The van der Waals surface area contributed by atoms with E-state index in [2.05, 4.69) is 10.6 Å². The van der Waals surface area contributed by atoms with Crippen molar-refractivity contribution in [3.05, 3.63) is 77.5 Å². The molecule has 1 amide bonds. The standard InChI is InChI=1S/C19H16F3N3O/c1-13(14-6-3-2-4-7-14)25-18(26)15(11-23)12-24-17-9-5-8-16(10-17)19(20,21)22/h2-10,12-13,24H,1H3,(H,25,26)/b15-12-. The van der Waals surface area contributed by atoms with Crippen LogP contribution < -0.4 is 10.6 Å². The predicted molar refractivity (Wildman–Crippen MR) is 91.8 cm³/mol. The molecule has 0 saturated heterocycles. The molecule has 4 nitrogen and oxygen atoms in total. The first-order valence-electron chi connectivity index (χ1n) is 7.71. The molecule has 0 bridgehead atoms. The average Bonchev–Trinajstić information content (AvgIpc) is 2.62. The van der Waals surface area contributed by atoms with Gasteiger partial charge in [-0.1, -0.05) is 36.4 Å². The molecule has 0 spiro atoms. The summed E-state index contributed by atoms with van der Waals surface area (Å²) in [6.07, 6.45) is -3.38. The summed E-state index contributed by atoms with van der Waals surface area (Å²) < 4.78 is 38.1. The van der Waals surface area contributed by atoms with E-state index in [-0.39, 0.29) is 17.3 Å². The van der Waals surface area contributed by atoms with Crippen molar-refractivity contribution in [2.24, 2.45) is 0 Å². The zero-order valence-electron chi connectivity index (χ0n) is 13.8. The summed E-state index contributed by atoms with van der Waals surface area (Å²) in [5.74, 6) is -0.622. The fourth-order valence-electron chi connectivity index (χ4n) is 2.19. The summed E-state index contributed by atoms with van der Waals surface area (Å²) in [5, 5.41) is 14.4. The molecular weight excluding hydrogens is 343 g/mol. The van der Waals surface area contributed by atoms with E-state index in [1.807, 2.05) is 30.3 Å². The smallest absolute Gasteiger partial charge is 0.360 e. The number of hydrogen-bond acceptors (Lipinski definition) is 3. The first-order chi connectivity index (χ1) is 12.3. The summed E-state index contributed by atoms with van der Waals surface area (Å²) in [6.45, 7) is 1.77. The van der Waals surface area contributed by atoms with Crippen molar-refractivity contribution in [1.29, 1.82) is 5.26 Å². The number of nitrogens with one attached hydrogen (secondary N) is 2. The molecule has 7 heteroatoms. The van der Waals surface area contributed by atoms with Crippen molar-refractivity contribution < 1.29 is 18.0 Å². The van der Waals surface area contributed by atoms with Crippen LogP contribution in [0.1, 0.15) is 24.1 Å². The van der Waals surface area contributed by atoms with Crippen molar-refractivity contribution in [2.45, 2.75) is 19.1 Å². The highest BCUT2D eigenvalue weighted by Crippen LogP contribution is 2.30. The number of benzene rings is 2. The highest BCUT2D eigenvalue weighted by atomic mass is 19.4. The van der Waals surface area contributed by atoms with Crippen molar-refractivity contribution in [2.75, 3.05) is 5.32 Å². The summed E-state index contributed by atoms with van der Waals surface area (Å²) in [6, 6.07) is 15.1. The number of nitrogens with zero attached hydrogens (tertiary/aromatic N) is 1. The van der Waals surface area contributed by atoms with Crippen molar-refractivity contribution >= 4 is 11.6 Å². The van der Waals surface area contributed by atoms with Gasteiger partial charge >= 0.3 is 6.18 Å². The predicted octanol–water partition coefficient (Wildman–Crippen LogP) is 4.40. The van der Waals surface area contributed by atoms with Crippen LogP contribution in [0.25, 0.3) is 0 Å². The minimum absolute atomic E-state index is 0.122. The molecule has 134 valence electrons. The topological polar surface area (TPSA) is 64.9 Å². The highest BCUT2D eigenvalue weighted by Gasteiger charge is 2.30. The van der Waals surface area contributed by atoms with E-state index in [1.165, 1.54) is 12.1 Å². The van der Waals surface area contributed by atoms with E-state index < -0.39 is 17.6 Å². The second-order valence-electron chi connectivity index (χ2n) is 5.50. The molecule has 0 radical (unpaired) electrons. The number of alkyl halides is 3. The number of hydrogen-bond donors (Lipinski definition) is 2. The minimum atomic E-state index is -4.47. The third-order valence-corrected chi connectivity index (χ3v) is 3.59. The van der Waals surface area contributed by atoms with Gasteiger partial charge in [0.05, 0.1) is 11.6 Å². The van der Waals surface area contributed by atoms with E-state index in [0.717, 1.165) is 23.9 Å². The second kappa shape index (κ2) is 8.21. The molecule has 1 atom stereocenters. The number of carbonyl (C=O) groups is 1. The van der Waals surface area contributed by atoms with Crippen LogP contribution in [-0.2, 0) is 11.0 Å². The van der Waals surface area contributed by atoms with Gasteiger partial charge in [0.1, 0.15) is 11.6 Å². The maximum Gasteiger partial charge on any atom is 0.416 e. The van der Waals surface area contributed by atoms with Crippen molar-refractivity contribution in [3.63, 3.8) is 0 Å². The average molecular weight is 359 g/mol. The third kappa shape index (κ3) is 5.11. The van der Waals surface area contributed by atoms with Crippen LogP contribution in [-0.4, -0.2) is 5.91 Å². The van der Waals surface area contributed by atoms with E-state index in [4.69, 9.17) is 5.26 Å². The van der Waals surface area contributed by atoms with E-state index in [0.29, 0.717) is 0 Å². The molecule has 2 aromatic rings. The molecule has 2 rings (SSSR count). The van der Waals surface area contributed by atoms with Crippen LogP contribution in [0.15, 0.2) is 66.4 Å². The Labute approximate surface area is 149 Å². The number of halogens is 3. The largest absolute Gasteiger partial charge is 0.416 e. The van der Waals surface area contributed by atoms with Gasteiger partial charge in [0.2, 0.25) is 0 Å². The Bertz CT molecular complexity index is 839. The van der Waals surface area contributed by atoms with Gasteiger partial charge in [0.25, 0.3) is 5.91 Å². The lowest BCUT2D eigenvalue weighted by molar-refractivity contribution is -0.137. The summed E-state index contributed by atoms with van der Waals surface area (Å²) in [4.78, 5) is 12.2. The van der Waals surface area contributed by atoms with Crippen LogP contribution in [0.2, 0.25) is 0 Å². The maximum atomic E-state index is 12.7. The van der Waals surface area contributed by atoms with Gasteiger partial charge in [0, 0.05) is 11.9 Å². The zero-order chi connectivity index (χ0) is 19.2. The Morgan fingerprint density at radius 1 is 1.15 bits per heavy atom. The molecule has 1 unspecified atom stereocenters. The monoisotopic (exact) mass is 359 g/mol. The summed E-state index contributed by atoms with van der Waals surface area (Å²) in [5.41, 5.74) is -0.0813. The van der Waals surface area contributed by atoms with Gasteiger partial charge in [-0.05, 0) is 30.7 Å². The second-order valence-corrected chi connectivity index (χ2v) is 5.50. The number of carbonyl (C=O) groups excluding carboxylic acids is 1. The van der Waals surface area contributed by atoms with Crippen molar-refractivity contribution in [3.8, 4) is 6.07 Å². The third-order valence-electron chi connectivity index (χ3n) is 3.59. The number of amides is 1. The Hall–Kier alpha value is -3.27. The first-order valence-corrected chi connectivity index (χ1v) is 7.71. The number of anilines is 1. The molecule has 0 fully saturated rings. The van der Waals surface area contributed by atoms with E-state index in [9.17, 15) is 18.0 Å². The molecule has 0 aliphatic carbocycles. The molecule has 0 aromatic heterocycles. The molecular formula is C19H16F3N3O. The van der Waals surface area contributed by atoms with Crippen molar-refractivity contribution in [1.82, 2.24) is 5.32 Å². The lowest BCUT2D eigenvalue weighted by Crippen LogP contribution is -2.28. The number of nitriles is 1. The molecule has 0 aliphatic heterocycles. The van der Waals surface area contributed by atoms with Crippen LogP contribution in [0.4, 0.5) is 18.9 Å². The van der Waals surface area contributed by atoms with Gasteiger partial charge in [-0.15, -0.1) is 0 Å². The lowest BCUT2D eigenvalue weighted by Gasteiger charge is -2.14. The molecule has 2 N–H and O–H groups in total. The normalized spacial score (nSPS) is 12.8. The quantitative estimate of drug-likeness (QED) is 0.614. The fraction of sp³-hybridized carbons (Fsp3) is 0.158. The SMILES string of the molecule is CC(NC(=O)/C(C#N)=C\Nc1cccc(C(F)(F)F)c1)c1ccccc1. The Morgan fingerprint density at radius 3 is 2.46 bits per heavy atom. The van der Waals surface area contributed by atoms with Crippen LogP contribution in [0, 0.1) is 11.3 Å². The molecule has 0 heterocycles. The Morgan fingerprint density at radius 2 is 1.85 bits per heavy atom. The minimum Gasteiger partial charge on any atom is -0.360 e. The van der Waals surface area contributed by atoms with E-state index in [1.54, 1.807) is 13.0 Å². The molecule has 26 heavy (non-hydrogen) atoms. The molecule has 0 aliphatic rings. The van der Waals surface area contributed by atoms with Gasteiger partial charge in [-0.25, -0.2) is 0 Å². The van der Waals surface area contributed by atoms with E-state index >= 15 is 0 Å². The van der Waals surface area contributed by atoms with Gasteiger partial charge in [-0.3, -0.25) is 4.79 Å². The Kier molecular flexibility index (Phi) is 6.02. The fourth-order valence-corrected chi connectivity index (χ4v) is 2.19. The van der Waals surface area contributed by atoms with Gasteiger partial charge < -0.3 is 10.6 Å². The van der Waals surface area contributed by atoms with Crippen LogP contribution in [0.5, 0.6) is 0 Å². The Balaban J connectivity index is 2.08. The zero-order valence-corrected chi connectivity index (χ0v) is 13.8. The maximum absolute atomic E-state index is 12.7. The summed E-state index contributed by atoms with van der Waals surface area (Å²) >= 11 is 0. The molecule has 0 saturated carbocycles. The van der Waals surface area contributed by atoms with Gasteiger partial charge in [0.15, 0.2) is 0 Å².